The molecule has 0 aromatic carbocycles. The minimum Gasteiger partial charge on any atom is -0.477 e. The maximum Gasteiger partial charge on any atom is 0.355 e. The Morgan fingerprint density at radius 2 is 2.30 bits per heavy atom. The van der Waals surface area contributed by atoms with Gasteiger partial charge in [0.25, 0.3) is 4.46 Å². The molecule has 4 nitrogen and oxygen atoms in total. The highest BCUT2D eigenvalue weighted by molar-refractivity contribution is 6.68. The monoisotopic (exact) mass is 180 g/mol. The van der Waals surface area contributed by atoms with Crippen LogP contribution < -0.4 is 0 Å². The molecule has 0 atom stereocenters. The van der Waals surface area contributed by atoms with Gasteiger partial charge in [-0.25, -0.2) is 14.8 Å². The summed E-state index contributed by atoms with van der Waals surface area (Å²) in [5.74, 6) is -1.26. The first-order valence-corrected chi connectivity index (χ1v) is 3.03. The molecule has 6 heteroatoms. The lowest BCUT2D eigenvalue weighted by molar-refractivity contribution is -0.129. The van der Waals surface area contributed by atoms with Crippen LogP contribution in [0.5, 0.6) is 0 Å². The van der Waals surface area contributed by atoms with Gasteiger partial charge in [-0.2, -0.15) is 0 Å². The van der Waals surface area contributed by atoms with Crippen LogP contribution in [-0.2, 0) is 4.79 Å². The van der Waals surface area contributed by atoms with Crippen molar-refractivity contribution in [1.29, 1.82) is 0 Å². The van der Waals surface area contributed by atoms with Crippen LogP contribution >= 0.6 is 23.2 Å². The standard InChI is InChI=1S/C4H2Cl2N2O2/c5-4(6)2(3(9)10)7-1-8-4/h1H,(H,9,10). The minimum atomic E-state index is -1.70. The average Bonchev–Trinajstić information content (AvgIpc) is 2.08. The summed E-state index contributed by atoms with van der Waals surface area (Å²) in [5, 5.41) is 8.37. The summed E-state index contributed by atoms with van der Waals surface area (Å²) in [6.07, 6.45) is 1.02. The quantitative estimate of drug-likeness (QED) is 0.477. The first-order chi connectivity index (χ1) is 4.54. The third-order valence-electron chi connectivity index (χ3n) is 0.894. The molecule has 0 aromatic rings. The van der Waals surface area contributed by atoms with Crippen LogP contribution in [0.15, 0.2) is 9.98 Å². The van der Waals surface area contributed by atoms with Gasteiger partial charge < -0.3 is 5.11 Å². The number of rotatable bonds is 1. The fourth-order valence-corrected chi connectivity index (χ4v) is 0.828. The molecule has 0 saturated heterocycles. The van der Waals surface area contributed by atoms with E-state index in [1.165, 1.54) is 0 Å². The molecule has 0 bridgehead atoms. The predicted octanol–water partition coefficient (Wildman–Crippen LogP) is 0.685. The summed E-state index contributed by atoms with van der Waals surface area (Å²) < 4.78 is -1.70. The van der Waals surface area contributed by atoms with Crippen molar-refractivity contribution in [2.45, 2.75) is 4.46 Å². The molecule has 54 valence electrons. The Balaban J connectivity index is 2.93. The first-order valence-electron chi connectivity index (χ1n) is 2.27. The lowest BCUT2D eigenvalue weighted by Gasteiger charge is -2.06. The van der Waals surface area contributed by atoms with Gasteiger partial charge in [0.2, 0.25) is 0 Å². The number of aliphatic imine (C=N–C) groups is 2. The molecule has 0 saturated carbocycles. The Kier molecular flexibility index (Phi) is 1.66. The minimum absolute atomic E-state index is 0.365. The average molecular weight is 181 g/mol. The fraction of sp³-hybridized carbons (Fsp3) is 0.250. The van der Waals surface area contributed by atoms with Crippen LogP contribution in [-0.4, -0.2) is 27.6 Å². The third kappa shape index (κ3) is 1.12. The fourth-order valence-electron chi connectivity index (χ4n) is 0.482. The molecule has 1 heterocycles. The van der Waals surface area contributed by atoms with Crippen molar-refractivity contribution in [3.8, 4) is 0 Å². The highest BCUT2D eigenvalue weighted by Crippen LogP contribution is 2.27. The summed E-state index contributed by atoms with van der Waals surface area (Å²) in [7, 11) is 0. The highest BCUT2D eigenvalue weighted by Gasteiger charge is 2.37. The number of alkyl halides is 2. The summed E-state index contributed by atoms with van der Waals surface area (Å²) in [6.45, 7) is 0. The van der Waals surface area contributed by atoms with Crippen molar-refractivity contribution in [3.05, 3.63) is 0 Å². The van der Waals surface area contributed by atoms with Crippen LogP contribution in [0.2, 0.25) is 0 Å². The second-order valence-corrected chi connectivity index (χ2v) is 2.86. The maximum atomic E-state index is 10.2. The van der Waals surface area contributed by atoms with E-state index in [4.69, 9.17) is 28.3 Å². The second-order valence-electron chi connectivity index (χ2n) is 1.57. The van der Waals surface area contributed by atoms with E-state index in [2.05, 4.69) is 9.98 Å². The molecule has 0 fully saturated rings. The molecule has 0 aliphatic carbocycles. The van der Waals surface area contributed by atoms with Gasteiger partial charge in [0.15, 0.2) is 5.71 Å². The normalized spacial score (nSPS) is 20.8. The molecule has 0 aromatic heterocycles. The Morgan fingerprint density at radius 1 is 1.70 bits per heavy atom. The summed E-state index contributed by atoms with van der Waals surface area (Å²) in [4.78, 5) is 17.0. The summed E-state index contributed by atoms with van der Waals surface area (Å²) in [5.41, 5.74) is -0.365. The lowest BCUT2D eigenvalue weighted by atomic mass is 10.4. The highest BCUT2D eigenvalue weighted by atomic mass is 35.5. The molecule has 0 spiro atoms. The smallest absolute Gasteiger partial charge is 0.355 e. The van der Waals surface area contributed by atoms with Crippen LogP contribution in [0.25, 0.3) is 0 Å². The zero-order chi connectivity index (χ0) is 7.78. The largest absolute Gasteiger partial charge is 0.477 e. The van der Waals surface area contributed by atoms with Gasteiger partial charge in [-0.15, -0.1) is 0 Å². The number of hydrogen-bond acceptors (Lipinski definition) is 3. The Labute approximate surface area is 66.2 Å². The van der Waals surface area contributed by atoms with Gasteiger partial charge in [-0.1, -0.05) is 23.2 Å². The zero-order valence-corrected chi connectivity index (χ0v) is 6.10. The van der Waals surface area contributed by atoms with E-state index in [1.807, 2.05) is 0 Å². The number of carbonyl (C=O) groups is 1. The lowest BCUT2D eigenvalue weighted by Crippen LogP contribution is -2.28. The third-order valence-corrected chi connectivity index (χ3v) is 1.45. The SMILES string of the molecule is O=C(O)C1=NC=NC1(Cl)Cl. The Bertz CT molecular complexity index is 233. The summed E-state index contributed by atoms with van der Waals surface area (Å²) in [6, 6.07) is 0. The molecule has 1 rings (SSSR count). The van der Waals surface area contributed by atoms with Gasteiger partial charge in [0.05, 0.1) is 0 Å². The topological polar surface area (TPSA) is 62.0 Å². The molecule has 0 amide bonds. The summed E-state index contributed by atoms with van der Waals surface area (Å²) >= 11 is 10.8. The number of aliphatic carboxylic acids is 1. The molecule has 1 N–H and O–H groups in total. The first kappa shape index (κ1) is 7.50. The Hall–Kier alpha value is -0.610. The van der Waals surface area contributed by atoms with Crippen molar-refractivity contribution in [2.75, 3.05) is 0 Å². The van der Waals surface area contributed by atoms with Crippen molar-refractivity contribution < 1.29 is 9.90 Å². The van der Waals surface area contributed by atoms with Gasteiger partial charge in [0, 0.05) is 0 Å². The maximum absolute atomic E-state index is 10.2. The second kappa shape index (κ2) is 2.21. The zero-order valence-electron chi connectivity index (χ0n) is 4.58. The van der Waals surface area contributed by atoms with E-state index in [-0.39, 0.29) is 5.71 Å². The molecule has 0 radical (unpaired) electrons. The Morgan fingerprint density at radius 3 is 2.50 bits per heavy atom. The van der Waals surface area contributed by atoms with E-state index in [9.17, 15) is 4.79 Å². The van der Waals surface area contributed by atoms with Gasteiger partial charge in [-0.3, -0.25) is 0 Å². The number of halogens is 2. The van der Waals surface area contributed by atoms with Crippen molar-refractivity contribution in [1.82, 2.24) is 0 Å². The molecular weight excluding hydrogens is 179 g/mol. The van der Waals surface area contributed by atoms with Crippen molar-refractivity contribution in [2.24, 2.45) is 9.98 Å². The van der Waals surface area contributed by atoms with Crippen LogP contribution in [0.4, 0.5) is 0 Å². The molecule has 10 heavy (non-hydrogen) atoms. The molecule has 1 aliphatic heterocycles. The van der Waals surface area contributed by atoms with Gasteiger partial charge in [0.1, 0.15) is 6.34 Å². The van der Waals surface area contributed by atoms with Crippen LogP contribution in [0.3, 0.4) is 0 Å². The number of hydrogen-bond donors (Lipinski definition) is 1. The molecule has 0 unspecified atom stereocenters. The van der Waals surface area contributed by atoms with Crippen molar-refractivity contribution in [3.63, 3.8) is 0 Å². The number of nitrogens with zero attached hydrogens (tertiary/aromatic N) is 2. The number of carboxylic acids is 1. The van der Waals surface area contributed by atoms with E-state index in [0.29, 0.717) is 0 Å². The van der Waals surface area contributed by atoms with Gasteiger partial charge >= 0.3 is 5.97 Å². The van der Waals surface area contributed by atoms with E-state index >= 15 is 0 Å². The molecular formula is C4H2Cl2N2O2. The van der Waals surface area contributed by atoms with Gasteiger partial charge in [-0.05, 0) is 0 Å². The van der Waals surface area contributed by atoms with E-state index < -0.39 is 10.4 Å². The van der Waals surface area contributed by atoms with Crippen LogP contribution in [0.1, 0.15) is 0 Å². The van der Waals surface area contributed by atoms with E-state index in [0.717, 1.165) is 6.34 Å². The number of carboxylic acid groups (broad SMARTS) is 1. The molecule has 1 aliphatic rings. The van der Waals surface area contributed by atoms with Crippen molar-refractivity contribution >= 4 is 41.2 Å². The van der Waals surface area contributed by atoms with E-state index in [1.54, 1.807) is 0 Å². The predicted molar refractivity (Wildman–Crippen MR) is 38.0 cm³/mol. The van der Waals surface area contributed by atoms with Crippen LogP contribution in [0, 0.1) is 0 Å².